The molecular formula is C34H14F4S4. The van der Waals surface area contributed by atoms with Gasteiger partial charge in [0.2, 0.25) is 0 Å². The predicted molar refractivity (Wildman–Crippen MR) is 174 cm³/mol. The third kappa shape index (κ3) is 3.32. The average Bonchev–Trinajstić information content (AvgIpc) is 3.80. The first kappa shape index (κ1) is 24.7. The van der Waals surface area contributed by atoms with Crippen LogP contribution >= 0.6 is 45.3 Å². The minimum Gasteiger partial charge on any atom is -0.203 e. The lowest BCUT2D eigenvalue weighted by Crippen LogP contribution is -2.02. The van der Waals surface area contributed by atoms with Gasteiger partial charge in [-0.2, -0.15) is 0 Å². The number of fused-ring (bicyclic) bond motifs is 10. The van der Waals surface area contributed by atoms with E-state index >= 15 is 17.6 Å². The zero-order valence-corrected chi connectivity index (χ0v) is 24.5. The van der Waals surface area contributed by atoms with Crippen molar-refractivity contribution < 1.29 is 17.6 Å². The van der Waals surface area contributed by atoms with Crippen LogP contribution in [0.25, 0.3) is 82.8 Å². The molecule has 0 aliphatic heterocycles. The molecule has 42 heavy (non-hydrogen) atoms. The molecule has 8 heteroatoms. The summed E-state index contributed by atoms with van der Waals surface area (Å²) in [6, 6.07) is 23.0. The average molecular weight is 627 g/mol. The van der Waals surface area contributed by atoms with Gasteiger partial charge in [0.15, 0.2) is 23.3 Å². The van der Waals surface area contributed by atoms with Crippen molar-refractivity contribution in [3.05, 3.63) is 107 Å². The second kappa shape index (κ2) is 8.84. The molecule has 9 aromatic rings. The molecule has 4 heterocycles. The SMILES string of the molecule is Fc1c(F)c(-c2cc3ccc4c(ccc5ccsc54)c3s2)c(F)c(F)c1-c1cc2ccc3c(ccc4ccsc43)c2s1. The fourth-order valence-electron chi connectivity index (χ4n) is 5.97. The largest absolute Gasteiger partial charge is 0.203 e. The van der Waals surface area contributed by atoms with Gasteiger partial charge in [-0.15, -0.1) is 45.3 Å². The number of hydrogen-bond acceptors (Lipinski definition) is 4. The first-order valence-corrected chi connectivity index (χ1v) is 16.4. The van der Waals surface area contributed by atoms with E-state index in [1.54, 1.807) is 34.8 Å². The molecule has 0 aliphatic carbocycles. The van der Waals surface area contributed by atoms with Gasteiger partial charge in [-0.25, -0.2) is 17.6 Å². The third-order valence-corrected chi connectivity index (χ3v) is 12.3. The van der Waals surface area contributed by atoms with E-state index in [4.69, 9.17) is 0 Å². The van der Waals surface area contributed by atoms with Crippen LogP contribution in [0.2, 0.25) is 0 Å². The van der Waals surface area contributed by atoms with Gasteiger partial charge in [-0.1, -0.05) is 48.5 Å². The molecule has 0 N–H and O–H groups in total. The zero-order valence-electron chi connectivity index (χ0n) is 21.2. The first-order valence-electron chi connectivity index (χ1n) is 13.0. The van der Waals surface area contributed by atoms with Crippen LogP contribution < -0.4 is 0 Å². The molecule has 5 aromatic carbocycles. The molecule has 0 fully saturated rings. The van der Waals surface area contributed by atoms with Gasteiger partial charge >= 0.3 is 0 Å². The maximum absolute atomic E-state index is 15.8. The van der Waals surface area contributed by atoms with Gasteiger partial charge in [0, 0.05) is 50.1 Å². The molecule has 202 valence electrons. The highest BCUT2D eigenvalue weighted by atomic mass is 32.1. The summed E-state index contributed by atoms with van der Waals surface area (Å²) < 4.78 is 66.9. The summed E-state index contributed by atoms with van der Waals surface area (Å²) in [5, 5.41) is 11.8. The van der Waals surface area contributed by atoms with Crippen molar-refractivity contribution in [2.45, 2.75) is 0 Å². The van der Waals surface area contributed by atoms with Crippen LogP contribution in [0.3, 0.4) is 0 Å². The fraction of sp³-hybridized carbons (Fsp3) is 0. The van der Waals surface area contributed by atoms with Gasteiger partial charge in [0.25, 0.3) is 0 Å². The van der Waals surface area contributed by atoms with Crippen LogP contribution in [0.5, 0.6) is 0 Å². The number of halogens is 4. The summed E-state index contributed by atoms with van der Waals surface area (Å²) in [5.41, 5.74) is -1.35. The fourth-order valence-corrected chi connectivity index (χ4v) is 10.3. The van der Waals surface area contributed by atoms with Crippen LogP contribution in [0, 0.1) is 23.3 Å². The Kier molecular flexibility index (Phi) is 5.21. The van der Waals surface area contributed by atoms with Crippen molar-refractivity contribution in [1.29, 1.82) is 0 Å². The van der Waals surface area contributed by atoms with Crippen molar-refractivity contribution in [2.24, 2.45) is 0 Å². The van der Waals surface area contributed by atoms with Crippen molar-refractivity contribution in [2.75, 3.05) is 0 Å². The molecule has 0 spiro atoms. The Hall–Kier alpha value is -3.82. The second-order valence-electron chi connectivity index (χ2n) is 10.2. The number of rotatable bonds is 2. The maximum Gasteiger partial charge on any atom is 0.171 e. The van der Waals surface area contributed by atoms with E-state index in [9.17, 15) is 0 Å². The van der Waals surface area contributed by atoms with Crippen molar-refractivity contribution in [1.82, 2.24) is 0 Å². The topological polar surface area (TPSA) is 0 Å². The van der Waals surface area contributed by atoms with Gasteiger partial charge in [0.1, 0.15) is 0 Å². The summed E-state index contributed by atoms with van der Waals surface area (Å²) in [7, 11) is 0. The minimum absolute atomic E-state index is 0.144. The standard InChI is InChI=1S/C34H14F4S4/c35-27-25(23-13-17-3-7-19-21(33(17)41-23)5-1-15-9-11-39-31(15)19)28(36)30(38)26(29(27)37)24-14-18-4-8-20-22(34(18)42-24)6-2-16-10-12-40-32(16)20/h1-14H. The van der Waals surface area contributed by atoms with Crippen molar-refractivity contribution in [3.8, 4) is 20.9 Å². The summed E-state index contributed by atoms with van der Waals surface area (Å²) in [5.74, 6) is -5.54. The van der Waals surface area contributed by atoms with Gasteiger partial charge < -0.3 is 0 Å². The van der Waals surface area contributed by atoms with E-state index in [2.05, 4.69) is 0 Å². The lowest BCUT2D eigenvalue weighted by molar-refractivity contribution is 0.463. The molecule has 0 bridgehead atoms. The van der Waals surface area contributed by atoms with Crippen LogP contribution in [-0.2, 0) is 0 Å². The predicted octanol–water partition coefficient (Wildman–Crippen LogP) is 12.7. The van der Waals surface area contributed by atoms with Gasteiger partial charge in [0.05, 0.1) is 11.1 Å². The Morgan fingerprint density at radius 3 is 1.14 bits per heavy atom. The smallest absolute Gasteiger partial charge is 0.171 e. The van der Waals surface area contributed by atoms with Crippen LogP contribution in [0.15, 0.2) is 83.6 Å². The Balaban J connectivity index is 1.23. The van der Waals surface area contributed by atoms with Crippen molar-refractivity contribution in [3.63, 3.8) is 0 Å². The third-order valence-electron chi connectivity index (χ3n) is 7.95. The second-order valence-corrected chi connectivity index (χ2v) is 14.1. The molecule has 0 aliphatic rings. The van der Waals surface area contributed by atoms with E-state index in [-0.39, 0.29) is 9.75 Å². The zero-order chi connectivity index (χ0) is 28.3. The van der Waals surface area contributed by atoms with E-state index in [1.807, 2.05) is 71.4 Å². The molecule has 0 radical (unpaired) electrons. The van der Waals surface area contributed by atoms with Gasteiger partial charge in [-0.3, -0.25) is 0 Å². The number of thiophene rings is 4. The number of benzene rings is 5. The Morgan fingerprint density at radius 2 is 0.738 bits per heavy atom. The molecule has 0 saturated carbocycles. The molecule has 0 unspecified atom stereocenters. The quantitative estimate of drug-likeness (QED) is 0.132. The van der Waals surface area contributed by atoms with E-state index in [1.165, 1.54) is 0 Å². The summed E-state index contributed by atoms with van der Waals surface area (Å²) in [6.07, 6.45) is 0. The highest BCUT2D eigenvalue weighted by molar-refractivity contribution is 7.24. The van der Waals surface area contributed by atoms with E-state index in [0.717, 1.165) is 84.6 Å². The van der Waals surface area contributed by atoms with Crippen LogP contribution in [0.4, 0.5) is 17.6 Å². The molecule has 0 nitrogen and oxygen atoms in total. The molecular weight excluding hydrogens is 613 g/mol. The first-order chi connectivity index (χ1) is 20.5. The Bertz CT molecular complexity index is 2370. The normalized spacial score (nSPS) is 12.3. The molecule has 0 saturated heterocycles. The maximum atomic E-state index is 15.8. The monoisotopic (exact) mass is 626 g/mol. The van der Waals surface area contributed by atoms with Crippen molar-refractivity contribution >= 4 is 107 Å². The molecule has 9 rings (SSSR count). The van der Waals surface area contributed by atoms with Crippen LogP contribution in [0.1, 0.15) is 0 Å². The molecule has 0 amide bonds. The number of hydrogen-bond donors (Lipinski definition) is 0. The van der Waals surface area contributed by atoms with Crippen LogP contribution in [-0.4, -0.2) is 0 Å². The lowest BCUT2D eigenvalue weighted by atomic mass is 10.0. The van der Waals surface area contributed by atoms with E-state index < -0.39 is 34.4 Å². The molecule has 0 atom stereocenters. The summed E-state index contributed by atoms with van der Waals surface area (Å²) >= 11 is 5.53. The highest BCUT2D eigenvalue weighted by Gasteiger charge is 2.29. The van der Waals surface area contributed by atoms with E-state index in [0.29, 0.717) is 0 Å². The van der Waals surface area contributed by atoms with Gasteiger partial charge in [-0.05, 0) is 56.6 Å². The lowest BCUT2D eigenvalue weighted by Gasteiger charge is -2.10. The summed E-state index contributed by atoms with van der Waals surface area (Å²) in [4.78, 5) is 0.288. The summed E-state index contributed by atoms with van der Waals surface area (Å²) in [6.45, 7) is 0. The Labute approximate surface area is 251 Å². The highest BCUT2D eigenvalue weighted by Crippen LogP contribution is 2.47. The Morgan fingerprint density at radius 1 is 0.381 bits per heavy atom. The molecule has 4 aromatic heterocycles. The minimum atomic E-state index is -1.39.